The number of carbonyl (C=O) groups is 1. The first kappa shape index (κ1) is 16.4. The van der Waals surface area contributed by atoms with Crippen LogP contribution in [-0.4, -0.2) is 17.2 Å². The molecule has 3 nitrogen and oxygen atoms in total. The van der Waals surface area contributed by atoms with Gasteiger partial charge in [-0.3, -0.25) is 0 Å². The normalized spacial score (nSPS) is 21.0. The van der Waals surface area contributed by atoms with Crippen LogP contribution in [0.3, 0.4) is 0 Å². The molecule has 2 aromatic heterocycles. The van der Waals surface area contributed by atoms with E-state index >= 15 is 0 Å². The fourth-order valence-corrected chi connectivity index (χ4v) is 4.74. The quantitative estimate of drug-likeness (QED) is 0.624. The summed E-state index contributed by atoms with van der Waals surface area (Å²) in [4.78, 5) is 14.0. The van der Waals surface area contributed by atoms with E-state index in [4.69, 9.17) is 4.74 Å². The lowest BCUT2D eigenvalue weighted by molar-refractivity contribution is -0.171. The third-order valence-electron chi connectivity index (χ3n) is 4.30. The van der Waals surface area contributed by atoms with Crippen LogP contribution >= 0.6 is 22.7 Å². The standard InChI is InChI=1S/C18H20O3S2/c1-3-6-13-11-12(2)16(13)21-17(19)18(20,14-7-4-9-22-14)15-8-5-10-23-15/h4-5,7-10,13,16,20H,2-3,6,11H2,1H3/t13-,16+/m1/s1. The molecule has 1 aliphatic rings. The minimum absolute atomic E-state index is 0.270. The molecule has 0 bridgehead atoms. The van der Waals surface area contributed by atoms with Crippen LogP contribution in [0.25, 0.3) is 0 Å². The van der Waals surface area contributed by atoms with Gasteiger partial charge in [0, 0.05) is 5.92 Å². The van der Waals surface area contributed by atoms with Gasteiger partial charge in [-0.2, -0.15) is 0 Å². The van der Waals surface area contributed by atoms with Crippen molar-refractivity contribution < 1.29 is 14.6 Å². The van der Waals surface area contributed by atoms with Crippen LogP contribution in [0.5, 0.6) is 0 Å². The summed E-state index contributed by atoms with van der Waals surface area (Å²) < 4.78 is 5.70. The van der Waals surface area contributed by atoms with Crippen LogP contribution in [0.4, 0.5) is 0 Å². The smallest absolute Gasteiger partial charge is 0.350 e. The van der Waals surface area contributed by atoms with Crippen molar-refractivity contribution in [2.24, 2.45) is 5.92 Å². The molecule has 23 heavy (non-hydrogen) atoms. The summed E-state index contributed by atoms with van der Waals surface area (Å²) in [6, 6.07) is 7.19. The highest BCUT2D eigenvalue weighted by Gasteiger charge is 2.47. The Morgan fingerprint density at radius 3 is 2.39 bits per heavy atom. The number of thiophene rings is 2. The van der Waals surface area contributed by atoms with Gasteiger partial charge in [0.1, 0.15) is 6.10 Å². The molecule has 1 fully saturated rings. The van der Waals surface area contributed by atoms with Gasteiger partial charge in [-0.05, 0) is 41.3 Å². The molecule has 122 valence electrons. The number of rotatable bonds is 6. The van der Waals surface area contributed by atoms with Crippen molar-refractivity contribution in [2.75, 3.05) is 0 Å². The summed E-state index contributed by atoms with van der Waals surface area (Å²) in [6.45, 7) is 6.10. The molecule has 2 aromatic rings. The highest BCUT2D eigenvalue weighted by molar-refractivity contribution is 7.12. The van der Waals surface area contributed by atoms with Crippen LogP contribution in [0, 0.1) is 5.92 Å². The van der Waals surface area contributed by atoms with E-state index in [9.17, 15) is 9.90 Å². The van der Waals surface area contributed by atoms with E-state index in [2.05, 4.69) is 13.5 Å². The van der Waals surface area contributed by atoms with Crippen molar-refractivity contribution in [3.63, 3.8) is 0 Å². The Hall–Kier alpha value is -1.43. The Bertz CT molecular complexity index is 639. The summed E-state index contributed by atoms with van der Waals surface area (Å²) >= 11 is 2.71. The van der Waals surface area contributed by atoms with Gasteiger partial charge in [-0.1, -0.05) is 32.1 Å². The molecule has 0 aromatic carbocycles. The molecule has 0 aliphatic heterocycles. The molecule has 5 heteroatoms. The molecule has 2 heterocycles. The van der Waals surface area contributed by atoms with Gasteiger partial charge in [-0.25, -0.2) is 4.79 Å². The predicted molar refractivity (Wildman–Crippen MR) is 93.7 cm³/mol. The number of esters is 1. The molecule has 0 amide bonds. The van der Waals surface area contributed by atoms with E-state index in [1.54, 1.807) is 12.1 Å². The largest absolute Gasteiger partial charge is 0.455 e. The number of ether oxygens (including phenoxy) is 1. The molecule has 0 spiro atoms. The summed E-state index contributed by atoms with van der Waals surface area (Å²) in [5.74, 6) is -0.276. The number of aliphatic hydroxyl groups is 1. The maximum atomic E-state index is 12.9. The Balaban J connectivity index is 1.86. The van der Waals surface area contributed by atoms with Crippen LogP contribution in [0.1, 0.15) is 35.9 Å². The third-order valence-corrected chi connectivity index (χ3v) is 6.26. The summed E-state index contributed by atoms with van der Waals surface area (Å²) in [7, 11) is 0. The number of hydrogen-bond acceptors (Lipinski definition) is 5. The van der Waals surface area contributed by atoms with Gasteiger partial charge in [-0.15, -0.1) is 22.7 Å². The lowest BCUT2D eigenvalue weighted by Crippen LogP contribution is -2.45. The lowest BCUT2D eigenvalue weighted by atomic mass is 9.75. The molecule has 1 aliphatic carbocycles. The molecular formula is C18H20O3S2. The maximum Gasteiger partial charge on any atom is 0.350 e. The van der Waals surface area contributed by atoms with Crippen molar-refractivity contribution in [3.05, 3.63) is 56.9 Å². The van der Waals surface area contributed by atoms with Crippen molar-refractivity contribution >= 4 is 28.6 Å². The van der Waals surface area contributed by atoms with Crippen molar-refractivity contribution in [3.8, 4) is 0 Å². The molecule has 2 atom stereocenters. The van der Waals surface area contributed by atoms with E-state index < -0.39 is 11.6 Å². The topological polar surface area (TPSA) is 46.5 Å². The second-order valence-corrected chi connectivity index (χ2v) is 7.80. The molecule has 0 unspecified atom stereocenters. The molecule has 1 saturated carbocycles. The van der Waals surface area contributed by atoms with Crippen molar-refractivity contribution in [1.29, 1.82) is 0 Å². The Labute approximate surface area is 144 Å². The van der Waals surface area contributed by atoms with Gasteiger partial charge in [0.15, 0.2) is 0 Å². The number of carbonyl (C=O) groups excluding carboxylic acids is 1. The fourth-order valence-electron chi connectivity index (χ4n) is 3.03. The summed E-state index contributed by atoms with van der Waals surface area (Å²) in [6.07, 6.45) is 2.69. The van der Waals surface area contributed by atoms with Gasteiger partial charge in [0.05, 0.1) is 9.75 Å². The molecule has 0 radical (unpaired) electrons. The van der Waals surface area contributed by atoms with E-state index in [0.29, 0.717) is 15.7 Å². The zero-order valence-corrected chi connectivity index (χ0v) is 14.7. The van der Waals surface area contributed by atoms with Crippen LogP contribution < -0.4 is 0 Å². The highest BCUT2D eigenvalue weighted by Crippen LogP contribution is 2.42. The van der Waals surface area contributed by atoms with E-state index in [1.807, 2.05) is 22.9 Å². The molecule has 1 N–H and O–H groups in total. The minimum atomic E-state index is -1.73. The first-order valence-electron chi connectivity index (χ1n) is 7.76. The highest BCUT2D eigenvalue weighted by atomic mass is 32.1. The first-order chi connectivity index (χ1) is 11.1. The average Bonchev–Trinajstić information content (AvgIpc) is 3.24. The van der Waals surface area contributed by atoms with Gasteiger partial charge in [0.2, 0.25) is 5.60 Å². The zero-order chi connectivity index (χ0) is 16.4. The van der Waals surface area contributed by atoms with Gasteiger partial charge in [0.25, 0.3) is 0 Å². The van der Waals surface area contributed by atoms with E-state index in [1.165, 1.54) is 22.7 Å². The summed E-state index contributed by atoms with van der Waals surface area (Å²) in [5.41, 5.74) is -0.786. The zero-order valence-electron chi connectivity index (χ0n) is 13.0. The average molecular weight is 348 g/mol. The Morgan fingerprint density at radius 2 is 1.96 bits per heavy atom. The fraction of sp³-hybridized carbons (Fsp3) is 0.389. The van der Waals surface area contributed by atoms with Crippen LogP contribution in [0.2, 0.25) is 0 Å². The molecule has 0 saturated heterocycles. The SMILES string of the molecule is C=C1C[C@@H](CCC)[C@H]1OC(=O)C(O)(c1cccs1)c1cccs1. The second kappa shape index (κ2) is 6.59. The van der Waals surface area contributed by atoms with E-state index in [-0.39, 0.29) is 6.10 Å². The molecule has 3 rings (SSSR count). The second-order valence-electron chi connectivity index (χ2n) is 5.90. The maximum absolute atomic E-state index is 12.9. The van der Waals surface area contributed by atoms with Crippen LogP contribution in [-0.2, 0) is 15.1 Å². The monoisotopic (exact) mass is 348 g/mol. The first-order valence-corrected chi connectivity index (χ1v) is 9.52. The Kier molecular flexibility index (Phi) is 4.71. The Morgan fingerprint density at radius 1 is 1.35 bits per heavy atom. The van der Waals surface area contributed by atoms with Gasteiger partial charge < -0.3 is 9.84 Å². The van der Waals surface area contributed by atoms with Crippen molar-refractivity contribution in [2.45, 2.75) is 37.9 Å². The number of hydrogen-bond donors (Lipinski definition) is 1. The minimum Gasteiger partial charge on any atom is -0.455 e. The third kappa shape index (κ3) is 2.89. The summed E-state index contributed by atoms with van der Waals surface area (Å²) in [5, 5.41) is 14.9. The lowest BCUT2D eigenvalue weighted by Gasteiger charge is -2.39. The van der Waals surface area contributed by atoms with Gasteiger partial charge >= 0.3 is 5.97 Å². The van der Waals surface area contributed by atoms with Crippen LogP contribution in [0.15, 0.2) is 47.2 Å². The van der Waals surface area contributed by atoms with Crippen molar-refractivity contribution in [1.82, 2.24) is 0 Å². The molecular weight excluding hydrogens is 328 g/mol. The van der Waals surface area contributed by atoms with E-state index in [0.717, 1.165) is 24.8 Å². The predicted octanol–water partition coefficient (Wildman–Crippen LogP) is 4.33.